The van der Waals surface area contributed by atoms with E-state index in [-0.39, 0.29) is 43.8 Å². The molecule has 0 amide bonds. The summed E-state index contributed by atoms with van der Waals surface area (Å²) in [6.45, 7) is 12.6. The molecule has 0 rings (SSSR count). The molecule has 1 radical (unpaired) electrons. The van der Waals surface area contributed by atoms with Crippen LogP contribution in [0.5, 0.6) is 0 Å². The minimum Gasteiger partial charge on any atom is -0.550 e. The standard InChI is InChI=1S/4C4H8O2.Ir/c4*1-3(2)4(5)6;/h4*3H,1-2H3,(H,5,6);/p-4. The first kappa shape index (κ1) is 34.8. The van der Waals surface area contributed by atoms with Crippen LogP contribution in [0.1, 0.15) is 55.4 Å². The van der Waals surface area contributed by atoms with Gasteiger partial charge in [0.15, 0.2) is 0 Å². The molecular weight excluding hydrogens is 512 g/mol. The molecule has 0 aromatic rings. The number of carboxylic acid groups (broad SMARTS) is 4. The third-order valence-corrected chi connectivity index (χ3v) is 1.89. The number of carbonyl (C=O) groups is 4. The molecule has 25 heavy (non-hydrogen) atoms. The molecule has 0 saturated heterocycles. The van der Waals surface area contributed by atoms with Crippen molar-refractivity contribution in [2.24, 2.45) is 23.7 Å². The Bertz CT molecular complexity index is 304. The molecule has 8 nitrogen and oxygen atoms in total. The molecule has 0 bridgehead atoms. The van der Waals surface area contributed by atoms with Gasteiger partial charge in [0, 0.05) is 44.0 Å². The van der Waals surface area contributed by atoms with Gasteiger partial charge in [0.1, 0.15) is 0 Å². The Kier molecular flexibility index (Phi) is 28.6. The van der Waals surface area contributed by atoms with E-state index in [1.54, 1.807) is 55.4 Å². The number of hydrogen-bond donors (Lipinski definition) is 0. The summed E-state index contributed by atoms with van der Waals surface area (Å²) in [7, 11) is 0. The maximum absolute atomic E-state index is 9.59. The van der Waals surface area contributed by atoms with Crippen LogP contribution in [0.25, 0.3) is 0 Å². The molecule has 0 spiro atoms. The topological polar surface area (TPSA) is 161 Å². The molecular formula is C16H28IrO8-4. The van der Waals surface area contributed by atoms with Crippen molar-refractivity contribution in [1.29, 1.82) is 0 Å². The van der Waals surface area contributed by atoms with E-state index in [1.165, 1.54) is 0 Å². The van der Waals surface area contributed by atoms with Gasteiger partial charge < -0.3 is 39.6 Å². The molecule has 0 aromatic heterocycles. The van der Waals surface area contributed by atoms with Gasteiger partial charge in [0.25, 0.3) is 0 Å². The fourth-order valence-corrected chi connectivity index (χ4v) is 0. The van der Waals surface area contributed by atoms with Crippen LogP contribution in [0.4, 0.5) is 0 Å². The van der Waals surface area contributed by atoms with Crippen LogP contribution >= 0.6 is 0 Å². The van der Waals surface area contributed by atoms with Crippen molar-refractivity contribution < 1.29 is 59.7 Å². The fourth-order valence-electron chi connectivity index (χ4n) is 0. The van der Waals surface area contributed by atoms with E-state index in [1.807, 2.05) is 0 Å². The minimum absolute atomic E-state index is 0. The number of carbonyl (C=O) groups excluding carboxylic acids is 4. The second kappa shape index (κ2) is 20.6. The van der Waals surface area contributed by atoms with Crippen LogP contribution < -0.4 is 20.4 Å². The van der Waals surface area contributed by atoms with Gasteiger partial charge in [-0.2, -0.15) is 0 Å². The van der Waals surface area contributed by atoms with Crippen molar-refractivity contribution >= 4 is 23.9 Å². The quantitative estimate of drug-likeness (QED) is 0.380. The van der Waals surface area contributed by atoms with E-state index in [2.05, 4.69) is 0 Å². The zero-order valence-electron chi connectivity index (χ0n) is 15.9. The van der Waals surface area contributed by atoms with E-state index in [0.29, 0.717) is 0 Å². The van der Waals surface area contributed by atoms with Gasteiger partial charge >= 0.3 is 0 Å². The summed E-state index contributed by atoms with van der Waals surface area (Å²) in [5.41, 5.74) is 0. The van der Waals surface area contributed by atoms with Gasteiger partial charge in [-0.05, 0) is 23.7 Å². The Morgan fingerprint density at radius 1 is 0.440 bits per heavy atom. The maximum Gasteiger partial charge on any atom is 0.0439 e. The zero-order valence-corrected chi connectivity index (χ0v) is 18.3. The monoisotopic (exact) mass is 541 g/mol. The van der Waals surface area contributed by atoms with E-state index in [4.69, 9.17) is 0 Å². The van der Waals surface area contributed by atoms with Crippen molar-refractivity contribution in [2.75, 3.05) is 0 Å². The smallest absolute Gasteiger partial charge is 0.0439 e. The largest absolute Gasteiger partial charge is 0.550 e. The first-order valence-corrected chi connectivity index (χ1v) is 7.41. The SMILES string of the molecule is CC(C)C(=O)[O-].CC(C)C(=O)[O-].CC(C)C(=O)[O-].CC(C)C(=O)[O-].[Ir]. The summed E-state index contributed by atoms with van der Waals surface area (Å²) in [4.78, 5) is 38.4. The molecule has 0 aliphatic heterocycles. The van der Waals surface area contributed by atoms with Crippen molar-refractivity contribution in [3.8, 4) is 0 Å². The summed E-state index contributed by atoms with van der Waals surface area (Å²) >= 11 is 0. The molecule has 0 heterocycles. The van der Waals surface area contributed by atoms with Crippen LogP contribution in [-0.2, 0) is 39.3 Å². The Balaban J connectivity index is -0.0000000702. The predicted molar refractivity (Wildman–Crippen MR) is 79.4 cm³/mol. The van der Waals surface area contributed by atoms with E-state index in [0.717, 1.165) is 0 Å². The summed E-state index contributed by atoms with van der Waals surface area (Å²) in [5, 5.41) is 38.4. The number of rotatable bonds is 4. The molecule has 0 atom stereocenters. The van der Waals surface area contributed by atoms with Crippen LogP contribution in [-0.4, -0.2) is 23.9 Å². The third-order valence-electron chi connectivity index (χ3n) is 1.89. The fraction of sp³-hybridized carbons (Fsp3) is 0.750. The Labute approximate surface area is 163 Å². The van der Waals surface area contributed by atoms with Crippen molar-refractivity contribution in [3.63, 3.8) is 0 Å². The maximum atomic E-state index is 9.59. The van der Waals surface area contributed by atoms with Crippen LogP contribution in [0.15, 0.2) is 0 Å². The Morgan fingerprint density at radius 3 is 0.480 bits per heavy atom. The normalized spacial score (nSPS) is 8.80. The second-order valence-electron chi connectivity index (χ2n) is 5.89. The van der Waals surface area contributed by atoms with Gasteiger partial charge in [0.2, 0.25) is 0 Å². The molecule has 0 aromatic carbocycles. The Morgan fingerprint density at radius 2 is 0.480 bits per heavy atom. The summed E-state index contributed by atoms with van der Waals surface area (Å²) < 4.78 is 0. The molecule has 0 saturated carbocycles. The summed E-state index contributed by atoms with van der Waals surface area (Å²) in [6.07, 6.45) is 0. The number of carboxylic acids is 4. The van der Waals surface area contributed by atoms with Gasteiger partial charge in [-0.1, -0.05) is 55.4 Å². The molecule has 0 unspecified atom stereocenters. The number of aliphatic carboxylic acids is 4. The third kappa shape index (κ3) is 45.0. The zero-order chi connectivity index (χ0) is 20.6. The van der Waals surface area contributed by atoms with Gasteiger partial charge in [-0.3, -0.25) is 0 Å². The minimum atomic E-state index is -0.991. The van der Waals surface area contributed by atoms with E-state index in [9.17, 15) is 39.6 Å². The molecule has 0 fully saturated rings. The predicted octanol–water partition coefficient (Wildman–Crippen LogP) is -2.43. The number of hydrogen-bond acceptors (Lipinski definition) is 8. The first-order valence-electron chi connectivity index (χ1n) is 7.41. The van der Waals surface area contributed by atoms with Gasteiger partial charge in [-0.25, -0.2) is 0 Å². The molecule has 9 heteroatoms. The molecule has 0 aliphatic rings. The first-order chi connectivity index (χ1) is 10.6. The molecule has 153 valence electrons. The second-order valence-corrected chi connectivity index (χ2v) is 5.89. The average Bonchev–Trinajstić information content (AvgIpc) is 2.40. The van der Waals surface area contributed by atoms with Crippen LogP contribution in [0, 0.1) is 23.7 Å². The van der Waals surface area contributed by atoms with Gasteiger partial charge in [-0.15, -0.1) is 0 Å². The van der Waals surface area contributed by atoms with E-state index < -0.39 is 23.9 Å². The van der Waals surface area contributed by atoms with Gasteiger partial charge in [0.05, 0.1) is 0 Å². The average molecular weight is 541 g/mol. The summed E-state index contributed by atoms with van der Waals surface area (Å²) in [6, 6.07) is 0. The van der Waals surface area contributed by atoms with Crippen molar-refractivity contribution in [1.82, 2.24) is 0 Å². The van der Waals surface area contributed by atoms with Crippen molar-refractivity contribution in [3.05, 3.63) is 0 Å². The molecule has 0 N–H and O–H groups in total. The summed E-state index contributed by atoms with van der Waals surface area (Å²) in [5.74, 6) is -5.33. The molecule has 0 aliphatic carbocycles. The van der Waals surface area contributed by atoms with Crippen molar-refractivity contribution in [2.45, 2.75) is 55.4 Å². The van der Waals surface area contributed by atoms with E-state index >= 15 is 0 Å². The van der Waals surface area contributed by atoms with Crippen LogP contribution in [0.2, 0.25) is 0 Å². The van der Waals surface area contributed by atoms with Crippen LogP contribution in [0.3, 0.4) is 0 Å². The Hall–Kier alpha value is -1.47.